The van der Waals surface area contributed by atoms with Gasteiger partial charge in [-0.3, -0.25) is 0 Å². The van der Waals surface area contributed by atoms with Crippen LogP contribution in [0.4, 0.5) is 0 Å². The molecule has 2 rings (SSSR count). The molecule has 0 saturated carbocycles. The van der Waals surface area contributed by atoms with Gasteiger partial charge in [0.05, 0.1) is 6.61 Å². The Labute approximate surface area is 98.0 Å². The van der Waals surface area contributed by atoms with Gasteiger partial charge in [0.2, 0.25) is 0 Å². The second-order valence-electron chi connectivity index (χ2n) is 4.60. The van der Waals surface area contributed by atoms with Gasteiger partial charge >= 0.3 is 0 Å². The first-order valence-electron chi connectivity index (χ1n) is 6.19. The van der Waals surface area contributed by atoms with Gasteiger partial charge in [0, 0.05) is 11.6 Å². The monoisotopic (exact) mass is 219 g/mol. The van der Waals surface area contributed by atoms with Crippen LogP contribution in [0, 0.1) is 13.8 Å². The Bertz CT molecular complexity index is 373. The zero-order valence-corrected chi connectivity index (χ0v) is 10.5. The first kappa shape index (κ1) is 11.5. The topological polar surface area (TPSA) is 21.3 Å². The highest BCUT2D eigenvalue weighted by Crippen LogP contribution is 2.34. The van der Waals surface area contributed by atoms with E-state index >= 15 is 0 Å². The highest BCUT2D eigenvalue weighted by molar-refractivity contribution is 5.46. The number of rotatable bonds is 2. The van der Waals surface area contributed by atoms with Crippen LogP contribution >= 0.6 is 0 Å². The van der Waals surface area contributed by atoms with Crippen molar-refractivity contribution in [1.82, 2.24) is 5.32 Å². The third kappa shape index (κ3) is 2.22. The maximum atomic E-state index is 5.87. The van der Waals surface area contributed by atoms with E-state index in [0.717, 1.165) is 25.3 Å². The van der Waals surface area contributed by atoms with Crippen molar-refractivity contribution in [1.29, 1.82) is 0 Å². The average molecular weight is 219 g/mol. The zero-order chi connectivity index (χ0) is 11.5. The van der Waals surface area contributed by atoms with Gasteiger partial charge in [0.25, 0.3) is 0 Å². The Balaban J connectivity index is 2.43. The van der Waals surface area contributed by atoms with Crippen LogP contribution < -0.4 is 10.1 Å². The van der Waals surface area contributed by atoms with Gasteiger partial charge < -0.3 is 10.1 Å². The van der Waals surface area contributed by atoms with Gasteiger partial charge in [-0.15, -0.1) is 0 Å². The fraction of sp³-hybridized carbons (Fsp3) is 0.571. The highest BCUT2D eigenvalue weighted by Gasteiger charge is 2.20. The minimum atomic E-state index is 0.459. The summed E-state index contributed by atoms with van der Waals surface area (Å²) < 4.78 is 5.87. The summed E-state index contributed by atoms with van der Waals surface area (Å²) in [5.41, 5.74) is 3.93. The van der Waals surface area contributed by atoms with E-state index in [1.54, 1.807) is 0 Å². The second-order valence-corrected chi connectivity index (χ2v) is 4.60. The van der Waals surface area contributed by atoms with E-state index in [1.807, 2.05) is 0 Å². The second kappa shape index (κ2) is 4.88. The minimum absolute atomic E-state index is 0.459. The first-order chi connectivity index (χ1) is 7.72. The minimum Gasteiger partial charge on any atom is -0.493 e. The zero-order valence-electron chi connectivity index (χ0n) is 10.5. The summed E-state index contributed by atoms with van der Waals surface area (Å²) in [6.07, 6.45) is 2.30. The highest BCUT2D eigenvalue weighted by atomic mass is 16.5. The van der Waals surface area contributed by atoms with Crippen molar-refractivity contribution in [2.75, 3.05) is 13.2 Å². The molecule has 16 heavy (non-hydrogen) atoms. The van der Waals surface area contributed by atoms with Gasteiger partial charge in [-0.05, 0) is 38.8 Å². The summed E-state index contributed by atoms with van der Waals surface area (Å²) in [5.74, 6) is 1.11. The van der Waals surface area contributed by atoms with Crippen LogP contribution in [0.5, 0.6) is 5.75 Å². The normalized spacial score (nSPS) is 19.8. The lowest BCUT2D eigenvalue weighted by molar-refractivity contribution is 0.313. The van der Waals surface area contributed by atoms with Crippen LogP contribution in [-0.2, 0) is 0 Å². The van der Waals surface area contributed by atoms with Crippen LogP contribution in [0.25, 0.3) is 0 Å². The molecule has 1 aromatic carbocycles. The molecule has 0 aliphatic carbocycles. The molecule has 1 N–H and O–H groups in total. The van der Waals surface area contributed by atoms with Crippen molar-refractivity contribution >= 4 is 0 Å². The molecular formula is C14H21NO. The van der Waals surface area contributed by atoms with Crippen molar-refractivity contribution in [3.05, 3.63) is 28.8 Å². The predicted molar refractivity (Wildman–Crippen MR) is 67.1 cm³/mol. The SMILES string of the molecule is CCNC1CCCOc2c(C)cc(C)cc21. The Hall–Kier alpha value is -1.02. The third-order valence-corrected chi connectivity index (χ3v) is 3.16. The Morgan fingerprint density at radius 2 is 2.19 bits per heavy atom. The number of aryl methyl sites for hydroxylation is 2. The fourth-order valence-electron chi connectivity index (χ4n) is 2.52. The molecule has 1 unspecified atom stereocenters. The van der Waals surface area contributed by atoms with E-state index in [1.165, 1.54) is 23.1 Å². The molecule has 0 aromatic heterocycles. The van der Waals surface area contributed by atoms with E-state index in [0.29, 0.717) is 6.04 Å². The van der Waals surface area contributed by atoms with Gasteiger partial charge in [-0.1, -0.05) is 24.6 Å². The number of ether oxygens (including phenoxy) is 1. The van der Waals surface area contributed by atoms with Crippen molar-refractivity contribution in [2.24, 2.45) is 0 Å². The fourth-order valence-corrected chi connectivity index (χ4v) is 2.52. The third-order valence-electron chi connectivity index (χ3n) is 3.16. The number of hydrogen-bond acceptors (Lipinski definition) is 2. The Morgan fingerprint density at radius 1 is 1.38 bits per heavy atom. The lowest BCUT2D eigenvalue weighted by Crippen LogP contribution is -2.20. The molecule has 1 aromatic rings. The molecule has 1 heterocycles. The van der Waals surface area contributed by atoms with Crippen LogP contribution in [0.15, 0.2) is 12.1 Å². The molecule has 1 aliphatic rings. The van der Waals surface area contributed by atoms with E-state index in [9.17, 15) is 0 Å². The van der Waals surface area contributed by atoms with E-state index < -0.39 is 0 Å². The first-order valence-corrected chi connectivity index (χ1v) is 6.19. The number of fused-ring (bicyclic) bond motifs is 1. The van der Waals surface area contributed by atoms with Crippen LogP contribution in [-0.4, -0.2) is 13.2 Å². The predicted octanol–water partition coefficient (Wildman–Crippen LogP) is 3.13. The van der Waals surface area contributed by atoms with E-state index in [2.05, 4.69) is 38.2 Å². The molecule has 0 spiro atoms. The van der Waals surface area contributed by atoms with E-state index in [4.69, 9.17) is 4.74 Å². The Morgan fingerprint density at radius 3 is 2.94 bits per heavy atom. The Kier molecular flexibility index (Phi) is 3.49. The summed E-state index contributed by atoms with van der Waals surface area (Å²) in [5, 5.41) is 3.56. The van der Waals surface area contributed by atoms with Crippen molar-refractivity contribution in [3.63, 3.8) is 0 Å². The molecule has 0 fully saturated rings. The van der Waals surface area contributed by atoms with Crippen molar-refractivity contribution < 1.29 is 4.74 Å². The summed E-state index contributed by atoms with van der Waals surface area (Å²) >= 11 is 0. The van der Waals surface area contributed by atoms with Crippen molar-refractivity contribution in [2.45, 2.75) is 39.7 Å². The van der Waals surface area contributed by atoms with Crippen molar-refractivity contribution in [3.8, 4) is 5.75 Å². The molecular weight excluding hydrogens is 198 g/mol. The molecule has 2 heteroatoms. The number of nitrogens with one attached hydrogen (secondary N) is 1. The maximum Gasteiger partial charge on any atom is 0.126 e. The maximum absolute atomic E-state index is 5.87. The van der Waals surface area contributed by atoms with Gasteiger partial charge in [-0.2, -0.15) is 0 Å². The number of benzene rings is 1. The molecule has 1 atom stereocenters. The molecule has 0 radical (unpaired) electrons. The molecule has 2 nitrogen and oxygen atoms in total. The standard InChI is InChI=1S/C14H21NO/c1-4-15-13-6-5-7-16-14-11(3)8-10(2)9-12(13)14/h8-9,13,15H,4-7H2,1-3H3. The molecule has 0 saturated heterocycles. The molecule has 0 amide bonds. The average Bonchev–Trinajstić information content (AvgIpc) is 2.42. The lowest BCUT2D eigenvalue weighted by atomic mass is 9.97. The summed E-state index contributed by atoms with van der Waals surface area (Å²) in [7, 11) is 0. The van der Waals surface area contributed by atoms with Crippen LogP contribution in [0.1, 0.15) is 42.5 Å². The van der Waals surface area contributed by atoms with E-state index in [-0.39, 0.29) is 0 Å². The van der Waals surface area contributed by atoms with Gasteiger partial charge in [0.1, 0.15) is 5.75 Å². The lowest BCUT2D eigenvalue weighted by Gasteiger charge is -2.19. The smallest absolute Gasteiger partial charge is 0.126 e. The number of hydrogen-bond donors (Lipinski definition) is 1. The summed E-state index contributed by atoms with van der Waals surface area (Å²) in [4.78, 5) is 0. The largest absolute Gasteiger partial charge is 0.493 e. The summed E-state index contributed by atoms with van der Waals surface area (Å²) in [6.45, 7) is 8.31. The van der Waals surface area contributed by atoms with Gasteiger partial charge in [0.15, 0.2) is 0 Å². The molecule has 1 aliphatic heterocycles. The quantitative estimate of drug-likeness (QED) is 0.825. The molecule has 0 bridgehead atoms. The molecule has 88 valence electrons. The van der Waals surface area contributed by atoms with Crippen LogP contribution in [0.2, 0.25) is 0 Å². The summed E-state index contributed by atoms with van der Waals surface area (Å²) in [6, 6.07) is 4.93. The van der Waals surface area contributed by atoms with Crippen LogP contribution in [0.3, 0.4) is 0 Å². The van der Waals surface area contributed by atoms with Gasteiger partial charge in [-0.25, -0.2) is 0 Å².